The first-order valence-corrected chi connectivity index (χ1v) is 7.30. The fourth-order valence-corrected chi connectivity index (χ4v) is 1.92. The monoisotopic (exact) mass is 317 g/mol. The first kappa shape index (κ1) is 18.2. The highest BCUT2D eigenvalue weighted by Gasteiger charge is 2.13. The number of hydrogen-bond acceptors (Lipinski definition) is 5. The van der Waals surface area contributed by atoms with Gasteiger partial charge in [-0.15, -0.1) is 0 Å². The molecule has 0 radical (unpaired) electrons. The number of methoxy groups -OCH3 is 1. The van der Waals surface area contributed by atoms with Crippen molar-refractivity contribution < 1.29 is 19.3 Å². The van der Waals surface area contributed by atoms with Crippen molar-refractivity contribution in [2.75, 3.05) is 40.6 Å². The zero-order valence-corrected chi connectivity index (χ0v) is 13.5. The van der Waals surface area contributed by atoms with Gasteiger partial charge in [0.2, 0.25) is 0 Å². The second-order valence-corrected chi connectivity index (χ2v) is 5.16. The van der Waals surface area contributed by atoms with Crippen LogP contribution in [0.25, 0.3) is 0 Å². The van der Waals surface area contributed by atoms with Crippen molar-refractivity contribution in [2.45, 2.75) is 19.1 Å². The molecular formula is C15H24ClNO4. The quantitative estimate of drug-likeness (QED) is 0.647. The second-order valence-electron chi connectivity index (χ2n) is 4.73. The lowest BCUT2D eigenvalue weighted by Crippen LogP contribution is -2.25. The molecule has 0 bridgehead atoms. The molecule has 0 spiro atoms. The summed E-state index contributed by atoms with van der Waals surface area (Å²) in [5.74, 6) is 0.706. The Morgan fingerprint density at radius 2 is 2.05 bits per heavy atom. The summed E-state index contributed by atoms with van der Waals surface area (Å²) >= 11 is 6.01. The number of ether oxygens (including phenoxy) is 3. The molecule has 0 aromatic heterocycles. The smallest absolute Gasteiger partial charge is 0.124 e. The van der Waals surface area contributed by atoms with Gasteiger partial charge in [-0.2, -0.15) is 0 Å². The molecule has 0 saturated carbocycles. The summed E-state index contributed by atoms with van der Waals surface area (Å²) in [6, 6.07) is 5.54. The minimum Gasteiger partial charge on any atom is -0.490 e. The van der Waals surface area contributed by atoms with E-state index >= 15 is 0 Å². The van der Waals surface area contributed by atoms with Gasteiger partial charge in [0.05, 0.1) is 19.8 Å². The van der Waals surface area contributed by atoms with Gasteiger partial charge in [-0.1, -0.05) is 11.6 Å². The molecule has 0 aliphatic heterocycles. The van der Waals surface area contributed by atoms with Crippen molar-refractivity contribution in [2.24, 2.45) is 0 Å². The van der Waals surface area contributed by atoms with Crippen LogP contribution in [0.2, 0.25) is 5.02 Å². The van der Waals surface area contributed by atoms with Crippen LogP contribution in [0, 0.1) is 0 Å². The second kappa shape index (κ2) is 9.97. The van der Waals surface area contributed by atoms with Gasteiger partial charge < -0.3 is 24.6 Å². The predicted molar refractivity (Wildman–Crippen MR) is 83.1 cm³/mol. The molecule has 0 aliphatic carbocycles. The molecule has 0 aliphatic rings. The average molecular weight is 318 g/mol. The zero-order valence-electron chi connectivity index (χ0n) is 12.8. The summed E-state index contributed by atoms with van der Waals surface area (Å²) in [5.41, 5.74) is 0.956. The molecule has 2 unspecified atom stereocenters. The van der Waals surface area contributed by atoms with Crippen molar-refractivity contribution >= 4 is 11.6 Å². The van der Waals surface area contributed by atoms with Crippen LogP contribution in [-0.2, 0) is 9.47 Å². The number of aliphatic hydroxyl groups is 1. The molecule has 0 amide bonds. The fourth-order valence-electron chi connectivity index (χ4n) is 1.74. The van der Waals surface area contributed by atoms with Gasteiger partial charge in [0.15, 0.2) is 0 Å². The third kappa shape index (κ3) is 6.63. The molecule has 6 heteroatoms. The summed E-state index contributed by atoms with van der Waals surface area (Å²) < 4.78 is 15.8. The SMILES string of the molecule is CNC(C)c1cc(Cl)ccc1OCC(O)COCCOC. The highest BCUT2D eigenvalue weighted by Crippen LogP contribution is 2.28. The molecule has 2 N–H and O–H groups in total. The Labute approximate surface area is 131 Å². The maximum Gasteiger partial charge on any atom is 0.124 e. The van der Waals surface area contributed by atoms with E-state index in [1.165, 1.54) is 0 Å². The van der Waals surface area contributed by atoms with Crippen molar-refractivity contribution in [3.8, 4) is 5.75 Å². The molecule has 120 valence electrons. The maximum atomic E-state index is 9.82. The third-order valence-corrected chi connectivity index (χ3v) is 3.28. The largest absolute Gasteiger partial charge is 0.490 e. The van der Waals surface area contributed by atoms with E-state index in [9.17, 15) is 5.11 Å². The predicted octanol–water partition coefficient (Wildman–Crippen LogP) is 2.02. The van der Waals surface area contributed by atoms with E-state index < -0.39 is 6.10 Å². The van der Waals surface area contributed by atoms with Crippen LogP contribution in [0.4, 0.5) is 0 Å². The molecule has 0 saturated heterocycles. The maximum absolute atomic E-state index is 9.82. The van der Waals surface area contributed by atoms with E-state index in [4.69, 9.17) is 25.8 Å². The average Bonchev–Trinajstić information content (AvgIpc) is 2.49. The summed E-state index contributed by atoms with van der Waals surface area (Å²) in [6.07, 6.45) is -0.685. The van der Waals surface area contributed by atoms with Crippen LogP contribution in [0.5, 0.6) is 5.75 Å². The van der Waals surface area contributed by atoms with E-state index in [1.807, 2.05) is 26.1 Å². The molecule has 1 aromatic rings. The Morgan fingerprint density at radius 1 is 1.29 bits per heavy atom. The fraction of sp³-hybridized carbons (Fsp3) is 0.600. The normalized spacial score (nSPS) is 14.0. The van der Waals surface area contributed by atoms with Gasteiger partial charge >= 0.3 is 0 Å². The summed E-state index contributed by atoms with van der Waals surface area (Å²) in [5, 5.41) is 13.6. The molecule has 21 heavy (non-hydrogen) atoms. The molecule has 2 atom stereocenters. The van der Waals surface area contributed by atoms with Crippen LogP contribution in [0.1, 0.15) is 18.5 Å². The topological polar surface area (TPSA) is 60.0 Å². The molecule has 5 nitrogen and oxygen atoms in total. The summed E-state index contributed by atoms with van der Waals surface area (Å²) in [6.45, 7) is 3.36. The van der Waals surface area contributed by atoms with E-state index in [2.05, 4.69) is 5.32 Å². The molecule has 0 heterocycles. The van der Waals surface area contributed by atoms with Crippen molar-refractivity contribution in [1.29, 1.82) is 0 Å². The lowest BCUT2D eigenvalue weighted by Gasteiger charge is -2.18. The summed E-state index contributed by atoms with van der Waals surface area (Å²) in [7, 11) is 3.47. The highest BCUT2D eigenvalue weighted by atomic mass is 35.5. The van der Waals surface area contributed by atoms with E-state index in [-0.39, 0.29) is 19.3 Å². The minimum absolute atomic E-state index is 0.105. The minimum atomic E-state index is -0.685. The van der Waals surface area contributed by atoms with Crippen molar-refractivity contribution in [3.05, 3.63) is 28.8 Å². The van der Waals surface area contributed by atoms with Gasteiger partial charge in [-0.25, -0.2) is 0 Å². The molecule has 1 rings (SSSR count). The van der Waals surface area contributed by atoms with E-state index in [0.717, 1.165) is 5.56 Å². The number of benzene rings is 1. The zero-order chi connectivity index (χ0) is 15.7. The highest BCUT2D eigenvalue weighted by molar-refractivity contribution is 6.30. The van der Waals surface area contributed by atoms with Gasteiger partial charge in [-0.3, -0.25) is 0 Å². The van der Waals surface area contributed by atoms with Gasteiger partial charge in [0.1, 0.15) is 18.5 Å². The van der Waals surface area contributed by atoms with E-state index in [0.29, 0.717) is 24.0 Å². The van der Waals surface area contributed by atoms with Crippen LogP contribution in [0.3, 0.4) is 0 Å². The number of aliphatic hydroxyl groups excluding tert-OH is 1. The lowest BCUT2D eigenvalue weighted by molar-refractivity contribution is -0.00436. The van der Waals surface area contributed by atoms with Gasteiger partial charge in [0.25, 0.3) is 0 Å². The van der Waals surface area contributed by atoms with Crippen LogP contribution >= 0.6 is 11.6 Å². The van der Waals surface area contributed by atoms with Crippen LogP contribution < -0.4 is 10.1 Å². The standard InChI is InChI=1S/C15H24ClNO4/c1-11(17-2)14-8-12(16)4-5-15(14)21-10-13(18)9-20-7-6-19-3/h4-5,8,11,13,17-18H,6-7,9-10H2,1-3H3. The number of nitrogens with one attached hydrogen (secondary N) is 1. The molecular weight excluding hydrogens is 294 g/mol. The van der Waals surface area contributed by atoms with Crippen LogP contribution in [-0.4, -0.2) is 51.8 Å². The van der Waals surface area contributed by atoms with Crippen molar-refractivity contribution in [3.63, 3.8) is 0 Å². The molecule has 0 fully saturated rings. The first-order chi connectivity index (χ1) is 10.1. The third-order valence-electron chi connectivity index (χ3n) is 3.04. The Morgan fingerprint density at radius 3 is 2.71 bits per heavy atom. The number of rotatable bonds is 10. The Kier molecular flexibility index (Phi) is 8.64. The Bertz CT molecular complexity index is 417. The Hall–Kier alpha value is -0.850. The first-order valence-electron chi connectivity index (χ1n) is 6.92. The summed E-state index contributed by atoms with van der Waals surface area (Å²) in [4.78, 5) is 0. The number of hydrogen-bond donors (Lipinski definition) is 2. The van der Waals surface area contributed by atoms with Crippen molar-refractivity contribution in [1.82, 2.24) is 5.32 Å². The van der Waals surface area contributed by atoms with E-state index in [1.54, 1.807) is 13.2 Å². The lowest BCUT2D eigenvalue weighted by atomic mass is 10.1. The molecule has 1 aromatic carbocycles. The Balaban J connectivity index is 2.50. The van der Waals surface area contributed by atoms with Gasteiger partial charge in [0, 0.05) is 23.7 Å². The van der Waals surface area contributed by atoms with Crippen LogP contribution in [0.15, 0.2) is 18.2 Å². The number of halogens is 1. The van der Waals surface area contributed by atoms with Gasteiger partial charge in [-0.05, 0) is 32.2 Å².